The third kappa shape index (κ3) is 6.16. The Morgan fingerprint density at radius 1 is 1.13 bits per heavy atom. The van der Waals surface area contributed by atoms with Gasteiger partial charge in [0, 0.05) is 19.0 Å². The molecular weight excluding hydrogens is 530 g/mol. The van der Waals surface area contributed by atoms with Crippen LogP contribution in [0.25, 0.3) is 0 Å². The number of halogens is 5. The fourth-order valence-corrected chi connectivity index (χ4v) is 4.20. The fourth-order valence-electron chi connectivity index (χ4n) is 4.09. The number of amides is 2. The average molecular weight is 552 g/mol. The minimum Gasteiger partial charge on any atom is -0.464 e. The van der Waals surface area contributed by atoms with E-state index in [-0.39, 0.29) is 30.7 Å². The van der Waals surface area contributed by atoms with Crippen LogP contribution in [-0.4, -0.2) is 42.2 Å². The van der Waals surface area contributed by atoms with Crippen LogP contribution < -0.4 is 15.4 Å². The molecule has 7 nitrogen and oxygen atoms in total. The van der Waals surface area contributed by atoms with E-state index in [2.05, 4.69) is 20.4 Å². The number of hydrogen-bond acceptors (Lipinski definition) is 5. The van der Waals surface area contributed by atoms with E-state index in [0.29, 0.717) is 10.6 Å². The van der Waals surface area contributed by atoms with Crippen LogP contribution in [0.3, 0.4) is 0 Å². The van der Waals surface area contributed by atoms with Gasteiger partial charge in [0.1, 0.15) is 17.3 Å². The summed E-state index contributed by atoms with van der Waals surface area (Å²) in [6.07, 6.45) is -7.14. The second-order valence-electron chi connectivity index (χ2n) is 8.53. The van der Waals surface area contributed by atoms with Gasteiger partial charge in [-0.2, -0.15) is 17.6 Å². The minimum atomic E-state index is -4.74. The molecule has 1 aliphatic rings. The van der Waals surface area contributed by atoms with E-state index in [4.69, 9.17) is 16.3 Å². The Labute approximate surface area is 220 Å². The summed E-state index contributed by atoms with van der Waals surface area (Å²) < 4.78 is 62.3. The number of carbonyl (C=O) groups is 2. The summed E-state index contributed by atoms with van der Waals surface area (Å²) in [4.78, 5) is 29.5. The number of rotatable bonds is 9. The van der Waals surface area contributed by atoms with Gasteiger partial charge in [-0.25, -0.2) is 9.59 Å². The number of nitrogens with one attached hydrogen (secondary N) is 2. The monoisotopic (exact) mass is 551 g/mol. The van der Waals surface area contributed by atoms with Crippen molar-refractivity contribution in [3.05, 3.63) is 94.8 Å². The van der Waals surface area contributed by atoms with Crippen molar-refractivity contribution >= 4 is 23.6 Å². The number of benzene rings is 2. The molecule has 12 heteroatoms. The summed E-state index contributed by atoms with van der Waals surface area (Å²) in [5.74, 6) is -1.15. The zero-order chi connectivity index (χ0) is 27.3. The molecule has 0 aliphatic carbocycles. The molecule has 2 amide bonds. The van der Waals surface area contributed by atoms with Crippen LogP contribution in [0, 0.1) is 0 Å². The Bertz CT molecular complexity index is 1280. The number of aromatic nitrogens is 1. The maximum Gasteiger partial charge on any atom is 0.461 e. The largest absolute Gasteiger partial charge is 0.464 e. The van der Waals surface area contributed by atoms with E-state index >= 15 is 0 Å². The maximum absolute atomic E-state index is 13.7. The Balaban J connectivity index is 1.82. The molecule has 2 N–H and O–H groups in total. The SMILES string of the molecule is O=C(N[C@@H]1CCOC1=O)N[C@@](Cc1ccccc1)(c1cccc(OC(F)(F)C(F)F)c1)c1ccc(Cl)cn1. The molecule has 2 aromatic carbocycles. The van der Waals surface area contributed by atoms with Crippen LogP contribution in [0.2, 0.25) is 5.02 Å². The molecule has 1 saturated heterocycles. The number of carbonyl (C=O) groups excluding carboxylic acids is 2. The summed E-state index contributed by atoms with van der Waals surface area (Å²) in [7, 11) is 0. The van der Waals surface area contributed by atoms with Crippen molar-refractivity contribution in [2.24, 2.45) is 0 Å². The molecule has 0 bridgehead atoms. The number of alkyl halides is 4. The van der Waals surface area contributed by atoms with Crippen LogP contribution in [-0.2, 0) is 21.5 Å². The van der Waals surface area contributed by atoms with Gasteiger partial charge in [-0.05, 0) is 35.4 Å². The van der Waals surface area contributed by atoms with E-state index in [1.165, 1.54) is 30.5 Å². The highest BCUT2D eigenvalue weighted by Gasteiger charge is 2.45. The summed E-state index contributed by atoms with van der Waals surface area (Å²) >= 11 is 6.04. The van der Waals surface area contributed by atoms with Gasteiger partial charge in [0.2, 0.25) is 0 Å². The van der Waals surface area contributed by atoms with E-state index in [1.807, 2.05) is 0 Å². The zero-order valence-corrected chi connectivity index (χ0v) is 20.4. The fraction of sp³-hybridized carbons (Fsp3) is 0.269. The Kier molecular flexibility index (Phi) is 8.05. The van der Waals surface area contributed by atoms with Gasteiger partial charge in [0.05, 0.1) is 17.3 Å². The molecule has 1 fully saturated rings. The smallest absolute Gasteiger partial charge is 0.461 e. The predicted molar refractivity (Wildman–Crippen MR) is 129 cm³/mol. The van der Waals surface area contributed by atoms with Crippen LogP contribution in [0.1, 0.15) is 23.2 Å². The first-order valence-electron chi connectivity index (χ1n) is 11.5. The molecule has 3 aromatic rings. The van der Waals surface area contributed by atoms with E-state index in [0.717, 1.165) is 12.1 Å². The van der Waals surface area contributed by atoms with Crippen molar-refractivity contribution in [1.82, 2.24) is 15.6 Å². The lowest BCUT2D eigenvalue weighted by Crippen LogP contribution is -2.55. The Morgan fingerprint density at radius 3 is 2.53 bits per heavy atom. The van der Waals surface area contributed by atoms with Gasteiger partial charge in [-0.1, -0.05) is 54.1 Å². The molecular formula is C26H22ClF4N3O4. The number of hydrogen-bond donors (Lipinski definition) is 2. The summed E-state index contributed by atoms with van der Waals surface area (Å²) in [5.41, 5.74) is -0.373. The molecule has 0 unspecified atom stereocenters. The third-order valence-corrected chi connectivity index (χ3v) is 6.10. The van der Waals surface area contributed by atoms with Gasteiger partial charge in [0.25, 0.3) is 0 Å². The first-order chi connectivity index (χ1) is 18.1. The van der Waals surface area contributed by atoms with Crippen molar-refractivity contribution in [3.63, 3.8) is 0 Å². The van der Waals surface area contributed by atoms with Crippen LogP contribution >= 0.6 is 11.6 Å². The van der Waals surface area contributed by atoms with Gasteiger partial charge >= 0.3 is 24.5 Å². The van der Waals surface area contributed by atoms with Crippen LogP contribution in [0.5, 0.6) is 5.75 Å². The second-order valence-corrected chi connectivity index (χ2v) is 8.97. The lowest BCUT2D eigenvalue weighted by atomic mass is 9.80. The van der Waals surface area contributed by atoms with Crippen molar-refractivity contribution in [3.8, 4) is 5.75 Å². The molecule has 38 heavy (non-hydrogen) atoms. The summed E-state index contributed by atoms with van der Waals surface area (Å²) in [6.45, 7) is 0.148. The molecule has 0 radical (unpaired) electrons. The summed E-state index contributed by atoms with van der Waals surface area (Å²) in [6, 6.07) is 15.4. The first kappa shape index (κ1) is 27.2. The predicted octanol–water partition coefficient (Wildman–Crippen LogP) is 5.07. The molecule has 2 atom stereocenters. The van der Waals surface area contributed by atoms with Crippen molar-refractivity contribution < 1.29 is 36.6 Å². The standard InChI is InChI=1S/C26H22ClF4N3O4/c27-18-9-10-21(32-15-18)25(14-16-5-2-1-3-6-16,34-24(36)33-20-11-12-37-22(20)35)17-7-4-8-19(13-17)38-26(30,31)23(28)29/h1-10,13,15,20,23H,11-12,14H2,(H2,33,34,36)/t20-,25+/m1/s1. The maximum atomic E-state index is 13.7. The Hall–Kier alpha value is -3.86. The second kappa shape index (κ2) is 11.3. The molecule has 0 saturated carbocycles. The highest BCUT2D eigenvalue weighted by Crippen LogP contribution is 2.36. The van der Waals surface area contributed by atoms with Crippen molar-refractivity contribution in [2.75, 3.05) is 6.61 Å². The molecule has 0 spiro atoms. The quantitative estimate of drug-likeness (QED) is 0.286. The molecule has 4 rings (SSSR count). The van der Waals surface area contributed by atoms with E-state index in [1.54, 1.807) is 30.3 Å². The highest BCUT2D eigenvalue weighted by atomic mass is 35.5. The highest BCUT2D eigenvalue weighted by molar-refractivity contribution is 6.30. The number of nitrogens with zero attached hydrogens (tertiary/aromatic N) is 1. The topological polar surface area (TPSA) is 89.5 Å². The normalized spacial score (nSPS) is 17.0. The average Bonchev–Trinajstić information content (AvgIpc) is 3.28. The summed E-state index contributed by atoms with van der Waals surface area (Å²) in [5, 5.41) is 5.70. The molecule has 1 aliphatic heterocycles. The number of esters is 1. The number of ether oxygens (including phenoxy) is 2. The van der Waals surface area contributed by atoms with Gasteiger partial charge in [-0.15, -0.1) is 0 Å². The lowest BCUT2D eigenvalue weighted by molar-refractivity contribution is -0.253. The third-order valence-electron chi connectivity index (χ3n) is 5.88. The minimum absolute atomic E-state index is 0.0553. The number of cyclic esters (lactones) is 1. The number of pyridine rings is 1. The number of urea groups is 1. The van der Waals surface area contributed by atoms with Crippen LogP contribution in [0.4, 0.5) is 22.4 Å². The molecule has 200 valence electrons. The van der Waals surface area contributed by atoms with Gasteiger partial charge < -0.3 is 20.1 Å². The van der Waals surface area contributed by atoms with Crippen molar-refractivity contribution in [2.45, 2.75) is 37.0 Å². The van der Waals surface area contributed by atoms with Crippen LogP contribution in [0.15, 0.2) is 72.9 Å². The van der Waals surface area contributed by atoms with Gasteiger partial charge in [-0.3, -0.25) is 4.98 Å². The van der Waals surface area contributed by atoms with Gasteiger partial charge in [0.15, 0.2) is 0 Å². The molecule has 2 heterocycles. The zero-order valence-electron chi connectivity index (χ0n) is 19.7. The van der Waals surface area contributed by atoms with E-state index in [9.17, 15) is 27.2 Å². The van der Waals surface area contributed by atoms with E-state index < -0.39 is 41.9 Å². The first-order valence-corrected chi connectivity index (χ1v) is 11.8. The molecule has 1 aromatic heterocycles. The lowest BCUT2D eigenvalue weighted by Gasteiger charge is -2.36. The van der Waals surface area contributed by atoms with Crippen molar-refractivity contribution in [1.29, 1.82) is 0 Å². The Morgan fingerprint density at radius 2 is 1.89 bits per heavy atom.